The van der Waals surface area contributed by atoms with Gasteiger partial charge in [0.2, 0.25) is 0 Å². The van der Waals surface area contributed by atoms with Crippen LogP contribution in [0.25, 0.3) is 0 Å². The standard InChI is InChI=1S/C14H27N3O3S/c1-13(2)11-15-7-9-16(10-8-15)21(18,19)17-6-4-5-14(17)12-20-3/h14H,1,4-12H2,2-3H3. The van der Waals surface area contributed by atoms with E-state index in [0.717, 1.165) is 38.0 Å². The molecule has 0 aromatic heterocycles. The fourth-order valence-corrected chi connectivity index (χ4v) is 4.94. The highest BCUT2D eigenvalue weighted by Gasteiger charge is 2.39. The normalized spacial score (nSPS) is 26.3. The third kappa shape index (κ3) is 4.04. The molecule has 21 heavy (non-hydrogen) atoms. The molecule has 122 valence electrons. The molecular formula is C14H27N3O3S. The third-order valence-corrected chi connectivity index (χ3v) is 6.22. The van der Waals surface area contributed by atoms with E-state index in [1.165, 1.54) is 0 Å². The van der Waals surface area contributed by atoms with Gasteiger partial charge in [-0.05, 0) is 19.8 Å². The van der Waals surface area contributed by atoms with Crippen molar-refractivity contribution in [2.75, 3.05) is 53.0 Å². The molecule has 7 heteroatoms. The van der Waals surface area contributed by atoms with Crippen LogP contribution in [0, 0.1) is 0 Å². The van der Waals surface area contributed by atoms with E-state index in [4.69, 9.17) is 4.74 Å². The first-order chi connectivity index (χ1) is 9.95. The van der Waals surface area contributed by atoms with Gasteiger partial charge < -0.3 is 4.74 Å². The minimum Gasteiger partial charge on any atom is -0.383 e. The Bertz CT molecular complexity index is 458. The van der Waals surface area contributed by atoms with E-state index in [2.05, 4.69) is 11.5 Å². The van der Waals surface area contributed by atoms with Crippen LogP contribution in [0.5, 0.6) is 0 Å². The molecule has 0 radical (unpaired) electrons. The second-order valence-electron chi connectivity index (χ2n) is 6.00. The van der Waals surface area contributed by atoms with Gasteiger partial charge in [0.15, 0.2) is 0 Å². The first kappa shape index (κ1) is 16.9. The molecule has 0 aromatic rings. The molecule has 0 amide bonds. The SMILES string of the molecule is C=C(C)CN1CCN(S(=O)(=O)N2CCCC2COC)CC1. The van der Waals surface area contributed by atoms with Crippen molar-refractivity contribution in [2.24, 2.45) is 0 Å². The first-order valence-corrected chi connectivity index (χ1v) is 8.97. The molecule has 0 spiro atoms. The average Bonchev–Trinajstić information content (AvgIpc) is 2.88. The van der Waals surface area contributed by atoms with Gasteiger partial charge in [-0.1, -0.05) is 12.2 Å². The third-order valence-electron chi connectivity index (χ3n) is 4.13. The Labute approximate surface area is 128 Å². The summed E-state index contributed by atoms with van der Waals surface area (Å²) in [6.45, 7) is 10.5. The highest BCUT2D eigenvalue weighted by molar-refractivity contribution is 7.86. The van der Waals surface area contributed by atoms with Crippen LogP contribution in [0.3, 0.4) is 0 Å². The second-order valence-corrected chi connectivity index (χ2v) is 7.88. The molecule has 6 nitrogen and oxygen atoms in total. The van der Waals surface area contributed by atoms with Gasteiger partial charge in [0.25, 0.3) is 10.2 Å². The van der Waals surface area contributed by atoms with Crippen molar-refractivity contribution in [3.05, 3.63) is 12.2 Å². The maximum absolute atomic E-state index is 12.8. The minimum atomic E-state index is -3.35. The summed E-state index contributed by atoms with van der Waals surface area (Å²) < 4.78 is 33.9. The molecule has 0 aromatic carbocycles. The summed E-state index contributed by atoms with van der Waals surface area (Å²) in [7, 11) is -1.72. The Kier molecular flexibility index (Phi) is 5.79. The Morgan fingerprint density at radius 2 is 1.90 bits per heavy atom. The summed E-state index contributed by atoms with van der Waals surface area (Å²) >= 11 is 0. The van der Waals surface area contributed by atoms with Gasteiger partial charge in [-0.25, -0.2) is 0 Å². The lowest BCUT2D eigenvalue weighted by Crippen LogP contribution is -2.54. The zero-order valence-electron chi connectivity index (χ0n) is 13.1. The summed E-state index contributed by atoms with van der Waals surface area (Å²) in [5, 5.41) is 0. The molecule has 0 N–H and O–H groups in total. The smallest absolute Gasteiger partial charge is 0.282 e. The van der Waals surface area contributed by atoms with E-state index in [-0.39, 0.29) is 6.04 Å². The van der Waals surface area contributed by atoms with Gasteiger partial charge in [0.1, 0.15) is 0 Å². The quantitative estimate of drug-likeness (QED) is 0.671. The molecule has 2 rings (SSSR count). The summed E-state index contributed by atoms with van der Waals surface area (Å²) in [5.41, 5.74) is 1.12. The Hall–Kier alpha value is -0.470. The number of hydrogen-bond acceptors (Lipinski definition) is 4. The predicted molar refractivity (Wildman–Crippen MR) is 83.4 cm³/mol. The fraction of sp³-hybridized carbons (Fsp3) is 0.857. The maximum atomic E-state index is 12.8. The Morgan fingerprint density at radius 1 is 1.24 bits per heavy atom. The second kappa shape index (κ2) is 7.19. The van der Waals surface area contributed by atoms with E-state index < -0.39 is 10.2 Å². The molecule has 2 aliphatic heterocycles. The largest absolute Gasteiger partial charge is 0.383 e. The molecule has 2 aliphatic rings. The molecule has 1 unspecified atom stereocenters. The van der Waals surface area contributed by atoms with Crippen molar-refractivity contribution in [2.45, 2.75) is 25.8 Å². The van der Waals surface area contributed by atoms with Crippen molar-refractivity contribution in [3.8, 4) is 0 Å². The van der Waals surface area contributed by atoms with Crippen molar-refractivity contribution in [1.29, 1.82) is 0 Å². The average molecular weight is 317 g/mol. The summed E-state index contributed by atoms with van der Waals surface area (Å²) in [6.07, 6.45) is 1.81. The lowest BCUT2D eigenvalue weighted by Gasteiger charge is -2.37. The molecule has 2 saturated heterocycles. The van der Waals surface area contributed by atoms with Crippen LogP contribution in [0.2, 0.25) is 0 Å². The van der Waals surface area contributed by atoms with Gasteiger partial charge >= 0.3 is 0 Å². The first-order valence-electron chi connectivity index (χ1n) is 7.57. The van der Waals surface area contributed by atoms with E-state index in [1.54, 1.807) is 15.7 Å². The van der Waals surface area contributed by atoms with Crippen LogP contribution in [0.15, 0.2) is 12.2 Å². The van der Waals surface area contributed by atoms with E-state index in [9.17, 15) is 8.42 Å². The molecule has 0 aliphatic carbocycles. The monoisotopic (exact) mass is 317 g/mol. The van der Waals surface area contributed by atoms with Crippen LogP contribution in [-0.4, -0.2) is 81.0 Å². The summed E-state index contributed by atoms with van der Waals surface area (Å²) in [4.78, 5) is 2.25. The Balaban J connectivity index is 1.96. The molecule has 0 saturated carbocycles. The van der Waals surface area contributed by atoms with Gasteiger partial charge in [0, 0.05) is 52.4 Å². The lowest BCUT2D eigenvalue weighted by molar-refractivity contribution is 0.141. The number of methoxy groups -OCH3 is 1. The van der Waals surface area contributed by atoms with E-state index in [0.29, 0.717) is 26.2 Å². The zero-order valence-corrected chi connectivity index (χ0v) is 13.9. The van der Waals surface area contributed by atoms with Crippen molar-refractivity contribution >= 4 is 10.2 Å². The van der Waals surface area contributed by atoms with Crippen LogP contribution < -0.4 is 0 Å². The van der Waals surface area contributed by atoms with Crippen molar-refractivity contribution < 1.29 is 13.2 Å². The van der Waals surface area contributed by atoms with Gasteiger partial charge in [-0.2, -0.15) is 17.0 Å². The molecule has 0 bridgehead atoms. The van der Waals surface area contributed by atoms with E-state index >= 15 is 0 Å². The molecule has 1 atom stereocenters. The summed E-state index contributed by atoms with van der Waals surface area (Å²) in [6, 6.07) is -0.00607. The summed E-state index contributed by atoms with van der Waals surface area (Å²) in [5.74, 6) is 0. The number of ether oxygens (including phenoxy) is 1. The highest BCUT2D eigenvalue weighted by atomic mass is 32.2. The molecular weight excluding hydrogens is 290 g/mol. The van der Waals surface area contributed by atoms with E-state index in [1.807, 2.05) is 6.92 Å². The van der Waals surface area contributed by atoms with Gasteiger partial charge in [-0.3, -0.25) is 4.90 Å². The number of rotatable bonds is 6. The van der Waals surface area contributed by atoms with Crippen molar-refractivity contribution in [3.63, 3.8) is 0 Å². The molecule has 2 heterocycles. The molecule has 2 fully saturated rings. The minimum absolute atomic E-state index is 0.00607. The van der Waals surface area contributed by atoms with Crippen LogP contribution in [-0.2, 0) is 14.9 Å². The van der Waals surface area contributed by atoms with Crippen LogP contribution >= 0.6 is 0 Å². The van der Waals surface area contributed by atoms with Crippen molar-refractivity contribution in [1.82, 2.24) is 13.5 Å². The Morgan fingerprint density at radius 3 is 2.48 bits per heavy atom. The number of piperazine rings is 1. The van der Waals surface area contributed by atoms with Gasteiger partial charge in [0.05, 0.1) is 6.61 Å². The number of hydrogen-bond donors (Lipinski definition) is 0. The van der Waals surface area contributed by atoms with Crippen LogP contribution in [0.1, 0.15) is 19.8 Å². The van der Waals surface area contributed by atoms with Gasteiger partial charge in [-0.15, -0.1) is 0 Å². The topological polar surface area (TPSA) is 53.1 Å². The fourth-order valence-electron chi connectivity index (χ4n) is 3.12. The highest BCUT2D eigenvalue weighted by Crippen LogP contribution is 2.24. The van der Waals surface area contributed by atoms with Crippen LogP contribution in [0.4, 0.5) is 0 Å². The maximum Gasteiger partial charge on any atom is 0.282 e. The zero-order chi connectivity index (χ0) is 15.5. The number of nitrogens with zero attached hydrogens (tertiary/aromatic N) is 3. The predicted octanol–water partition coefficient (Wildman–Crippen LogP) is 0.536. The lowest BCUT2D eigenvalue weighted by atomic mass is 10.2.